The number of nitrogens with one attached hydrogen (secondary N) is 1. The van der Waals surface area contributed by atoms with Crippen LogP contribution < -0.4 is 10.2 Å². The van der Waals surface area contributed by atoms with Crippen LogP contribution in [-0.2, 0) is 9.53 Å². The lowest BCUT2D eigenvalue weighted by atomic mass is 9.78. The Bertz CT molecular complexity index is 615. The largest absolute Gasteiger partial charge is 0.449 e. The van der Waals surface area contributed by atoms with Gasteiger partial charge in [-0.3, -0.25) is 4.79 Å². The van der Waals surface area contributed by atoms with E-state index < -0.39 is 12.1 Å². The number of carbonyl (C=O) groups is 2. The van der Waals surface area contributed by atoms with Crippen LogP contribution in [0.1, 0.15) is 50.4 Å². The topological polar surface area (TPSA) is 58.6 Å². The van der Waals surface area contributed by atoms with Crippen molar-refractivity contribution in [2.45, 2.75) is 52.2 Å². The summed E-state index contributed by atoms with van der Waals surface area (Å²) >= 11 is 0. The third-order valence-corrected chi connectivity index (χ3v) is 5.29. The third kappa shape index (κ3) is 4.97. The maximum absolute atomic E-state index is 12.4. The number of esters is 1. The molecule has 1 aliphatic rings. The minimum Gasteiger partial charge on any atom is -0.449 e. The number of benzene rings is 1. The summed E-state index contributed by atoms with van der Waals surface area (Å²) < 4.78 is 5.37. The molecular formula is C20H30N2O3. The highest BCUT2D eigenvalue weighted by Crippen LogP contribution is 2.29. The molecule has 0 heterocycles. The molecule has 0 unspecified atom stereocenters. The molecule has 0 saturated heterocycles. The van der Waals surface area contributed by atoms with Crippen molar-refractivity contribution < 1.29 is 14.3 Å². The molecule has 138 valence electrons. The number of carbonyl (C=O) groups excluding carboxylic acids is 2. The van der Waals surface area contributed by atoms with Crippen LogP contribution in [0.2, 0.25) is 0 Å². The van der Waals surface area contributed by atoms with Crippen molar-refractivity contribution in [1.82, 2.24) is 5.32 Å². The fourth-order valence-electron chi connectivity index (χ4n) is 3.28. The number of hydrogen-bond acceptors (Lipinski definition) is 4. The van der Waals surface area contributed by atoms with Gasteiger partial charge in [-0.2, -0.15) is 0 Å². The molecular weight excluding hydrogens is 316 g/mol. The second kappa shape index (κ2) is 8.37. The van der Waals surface area contributed by atoms with E-state index in [9.17, 15) is 9.59 Å². The molecule has 1 N–H and O–H groups in total. The van der Waals surface area contributed by atoms with E-state index in [2.05, 4.69) is 19.2 Å². The van der Waals surface area contributed by atoms with Crippen LogP contribution >= 0.6 is 0 Å². The molecule has 1 fully saturated rings. The van der Waals surface area contributed by atoms with Crippen molar-refractivity contribution in [3.8, 4) is 0 Å². The Labute approximate surface area is 150 Å². The molecule has 0 radical (unpaired) electrons. The fourth-order valence-corrected chi connectivity index (χ4v) is 3.28. The Morgan fingerprint density at radius 2 is 1.96 bits per heavy atom. The van der Waals surface area contributed by atoms with Gasteiger partial charge in [-0.1, -0.05) is 32.8 Å². The quantitative estimate of drug-likeness (QED) is 0.832. The van der Waals surface area contributed by atoms with Crippen molar-refractivity contribution in [1.29, 1.82) is 0 Å². The zero-order valence-corrected chi connectivity index (χ0v) is 15.9. The van der Waals surface area contributed by atoms with Crippen LogP contribution in [0.5, 0.6) is 0 Å². The Balaban J connectivity index is 1.94. The second-order valence-electron chi connectivity index (χ2n) is 7.37. The van der Waals surface area contributed by atoms with Crippen LogP contribution in [0, 0.1) is 11.8 Å². The summed E-state index contributed by atoms with van der Waals surface area (Å²) in [5.41, 5.74) is 1.36. The monoisotopic (exact) mass is 346 g/mol. The average molecular weight is 346 g/mol. The minimum absolute atomic E-state index is 0.162. The van der Waals surface area contributed by atoms with Crippen molar-refractivity contribution >= 4 is 17.6 Å². The first kappa shape index (κ1) is 19.3. The molecule has 2 rings (SSSR count). The highest BCUT2D eigenvalue weighted by molar-refractivity contribution is 5.93. The normalized spacial score (nSPS) is 24.3. The first-order valence-corrected chi connectivity index (χ1v) is 9.08. The SMILES string of the molecule is C[C@@H]1[C@H](C)CCC[C@@H]1NC(=O)[C@@H](C)OC(=O)c1cccc(N(C)C)c1. The number of amides is 1. The van der Waals surface area contributed by atoms with E-state index in [0.29, 0.717) is 17.4 Å². The lowest BCUT2D eigenvalue weighted by Gasteiger charge is -2.35. The fraction of sp³-hybridized carbons (Fsp3) is 0.600. The number of ether oxygens (including phenoxy) is 1. The summed E-state index contributed by atoms with van der Waals surface area (Å²) in [5.74, 6) is 0.350. The highest BCUT2D eigenvalue weighted by Gasteiger charge is 2.30. The molecule has 5 heteroatoms. The van der Waals surface area contributed by atoms with Gasteiger partial charge in [-0.25, -0.2) is 4.79 Å². The smallest absolute Gasteiger partial charge is 0.338 e. The second-order valence-corrected chi connectivity index (χ2v) is 7.37. The van der Waals surface area contributed by atoms with Crippen molar-refractivity contribution in [3.05, 3.63) is 29.8 Å². The average Bonchev–Trinajstić information content (AvgIpc) is 2.58. The Morgan fingerprint density at radius 3 is 2.64 bits per heavy atom. The van der Waals surface area contributed by atoms with Gasteiger partial charge < -0.3 is 15.0 Å². The van der Waals surface area contributed by atoms with Crippen molar-refractivity contribution in [2.75, 3.05) is 19.0 Å². The van der Waals surface area contributed by atoms with Crippen LogP contribution in [0.3, 0.4) is 0 Å². The molecule has 1 saturated carbocycles. The molecule has 0 aliphatic heterocycles. The van der Waals surface area contributed by atoms with Crippen molar-refractivity contribution in [2.24, 2.45) is 11.8 Å². The Kier molecular flexibility index (Phi) is 6.45. The summed E-state index contributed by atoms with van der Waals surface area (Å²) in [6.07, 6.45) is 2.52. The number of nitrogens with zero attached hydrogens (tertiary/aromatic N) is 1. The summed E-state index contributed by atoms with van der Waals surface area (Å²) in [6, 6.07) is 7.35. The highest BCUT2D eigenvalue weighted by atomic mass is 16.5. The van der Waals surface area contributed by atoms with Gasteiger partial charge in [0.25, 0.3) is 5.91 Å². The first-order chi connectivity index (χ1) is 11.8. The van der Waals surface area contributed by atoms with Crippen LogP contribution in [0.4, 0.5) is 5.69 Å². The predicted octanol–water partition coefficient (Wildman–Crippen LogP) is 3.24. The molecule has 0 spiro atoms. The Hall–Kier alpha value is -2.04. The molecule has 5 nitrogen and oxygen atoms in total. The van der Waals surface area contributed by atoms with Gasteiger partial charge in [0.05, 0.1) is 5.56 Å². The van der Waals surface area contributed by atoms with E-state index in [0.717, 1.165) is 18.5 Å². The molecule has 0 aromatic heterocycles. The predicted molar refractivity (Wildman–Crippen MR) is 99.8 cm³/mol. The molecule has 1 aliphatic carbocycles. The summed E-state index contributed by atoms with van der Waals surface area (Å²) in [6.45, 7) is 6.03. The molecule has 1 aromatic carbocycles. The maximum atomic E-state index is 12.4. The lowest BCUT2D eigenvalue weighted by Crippen LogP contribution is -2.47. The zero-order valence-electron chi connectivity index (χ0n) is 15.9. The number of rotatable bonds is 5. The lowest BCUT2D eigenvalue weighted by molar-refractivity contribution is -0.130. The molecule has 4 atom stereocenters. The van der Waals surface area contributed by atoms with E-state index in [1.165, 1.54) is 6.42 Å². The zero-order chi connectivity index (χ0) is 18.6. The van der Waals surface area contributed by atoms with Gasteiger partial charge in [-0.05, 0) is 43.4 Å². The van der Waals surface area contributed by atoms with E-state index in [1.54, 1.807) is 19.1 Å². The molecule has 1 aromatic rings. The molecule has 0 bridgehead atoms. The van der Waals surface area contributed by atoms with Crippen LogP contribution in [0.25, 0.3) is 0 Å². The van der Waals surface area contributed by atoms with Gasteiger partial charge >= 0.3 is 5.97 Å². The molecule has 1 amide bonds. The minimum atomic E-state index is -0.806. The standard InChI is InChI=1S/C20H30N2O3/c1-13-8-6-11-18(14(13)2)21-19(23)15(3)25-20(24)16-9-7-10-17(12-16)22(4)5/h7,9-10,12-15,18H,6,8,11H2,1-5H3,(H,21,23)/t13-,14-,15-,18+/m1/s1. The summed E-state index contributed by atoms with van der Waals surface area (Å²) in [7, 11) is 3.82. The maximum Gasteiger partial charge on any atom is 0.338 e. The summed E-state index contributed by atoms with van der Waals surface area (Å²) in [4.78, 5) is 26.6. The number of anilines is 1. The van der Waals surface area contributed by atoms with Crippen molar-refractivity contribution in [3.63, 3.8) is 0 Å². The first-order valence-electron chi connectivity index (χ1n) is 9.08. The van der Waals surface area contributed by atoms with Gasteiger partial charge in [0, 0.05) is 25.8 Å². The van der Waals surface area contributed by atoms with E-state index in [1.807, 2.05) is 31.1 Å². The van der Waals surface area contributed by atoms with Gasteiger partial charge in [-0.15, -0.1) is 0 Å². The van der Waals surface area contributed by atoms with Crippen LogP contribution in [0.15, 0.2) is 24.3 Å². The van der Waals surface area contributed by atoms with E-state index in [4.69, 9.17) is 4.74 Å². The third-order valence-electron chi connectivity index (χ3n) is 5.29. The van der Waals surface area contributed by atoms with Crippen LogP contribution in [-0.4, -0.2) is 38.1 Å². The van der Waals surface area contributed by atoms with E-state index in [-0.39, 0.29) is 11.9 Å². The number of hydrogen-bond donors (Lipinski definition) is 1. The van der Waals surface area contributed by atoms with E-state index >= 15 is 0 Å². The van der Waals surface area contributed by atoms with Gasteiger partial charge in [0.15, 0.2) is 6.10 Å². The Morgan fingerprint density at radius 1 is 1.24 bits per heavy atom. The summed E-state index contributed by atoms with van der Waals surface area (Å²) in [5, 5.41) is 3.06. The van der Waals surface area contributed by atoms with Gasteiger partial charge in [0.2, 0.25) is 0 Å². The van der Waals surface area contributed by atoms with Gasteiger partial charge in [0.1, 0.15) is 0 Å². The molecule has 25 heavy (non-hydrogen) atoms.